The number of esters is 1. The Morgan fingerprint density at radius 1 is 1.67 bits per heavy atom. The Labute approximate surface area is 87.8 Å². The van der Waals surface area contributed by atoms with E-state index in [4.69, 9.17) is 14.4 Å². The number of ether oxygens (including phenoxy) is 1. The smallest absolute Gasteiger partial charge is 0.349 e. The summed E-state index contributed by atoms with van der Waals surface area (Å²) in [6, 6.07) is 5.10. The zero-order valence-electron chi connectivity index (χ0n) is 8.56. The molecule has 0 saturated heterocycles. The summed E-state index contributed by atoms with van der Waals surface area (Å²) in [4.78, 5) is 11.4. The second-order valence-electron chi connectivity index (χ2n) is 3.14. The molecule has 0 amide bonds. The topological polar surface area (TPSA) is 63.2 Å². The van der Waals surface area contributed by atoms with E-state index in [0.717, 1.165) is 0 Å². The van der Waals surface area contributed by atoms with Gasteiger partial charge in [-0.25, -0.2) is 4.79 Å². The van der Waals surface area contributed by atoms with Crippen molar-refractivity contribution in [2.24, 2.45) is 0 Å². The molecule has 0 N–H and O–H groups in total. The van der Waals surface area contributed by atoms with E-state index in [1.807, 2.05) is 0 Å². The van der Waals surface area contributed by atoms with Gasteiger partial charge in [0.1, 0.15) is 17.4 Å². The molecule has 0 atom stereocenters. The number of carbonyl (C=O) groups excluding carboxylic acids is 1. The zero-order chi connectivity index (χ0) is 11.3. The molecule has 0 unspecified atom stereocenters. The standard InChI is InChI=1S/C11H11NO3/c1-8(2)15-11(13)9(7-12)6-10-4-3-5-14-10/h3-6,8H,1-2H3/b9-6+. The van der Waals surface area contributed by atoms with Gasteiger partial charge in [0.25, 0.3) is 0 Å². The van der Waals surface area contributed by atoms with Crippen molar-refractivity contribution in [2.75, 3.05) is 0 Å². The molecule has 0 bridgehead atoms. The van der Waals surface area contributed by atoms with Crippen LogP contribution in [0.15, 0.2) is 28.4 Å². The molecular weight excluding hydrogens is 194 g/mol. The lowest BCUT2D eigenvalue weighted by Gasteiger charge is -2.05. The maximum Gasteiger partial charge on any atom is 0.349 e. The molecule has 1 aromatic rings. The summed E-state index contributed by atoms with van der Waals surface area (Å²) < 4.78 is 9.87. The molecule has 0 fully saturated rings. The van der Waals surface area contributed by atoms with Crippen LogP contribution in [-0.2, 0) is 9.53 Å². The van der Waals surface area contributed by atoms with E-state index in [9.17, 15) is 4.79 Å². The Kier molecular flexibility index (Phi) is 3.69. The van der Waals surface area contributed by atoms with Crippen LogP contribution in [-0.4, -0.2) is 12.1 Å². The molecule has 1 aromatic heterocycles. The van der Waals surface area contributed by atoms with Gasteiger partial charge in [-0.3, -0.25) is 0 Å². The van der Waals surface area contributed by atoms with Crippen LogP contribution in [0, 0.1) is 11.3 Å². The average molecular weight is 205 g/mol. The highest BCUT2D eigenvalue weighted by molar-refractivity contribution is 5.97. The van der Waals surface area contributed by atoms with E-state index in [1.165, 1.54) is 12.3 Å². The Bertz CT molecular complexity index is 396. The second-order valence-corrected chi connectivity index (χ2v) is 3.14. The number of nitrogens with zero attached hydrogens (tertiary/aromatic N) is 1. The number of nitriles is 1. The minimum atomic E-state index is -0.635. The first-order chi connectivity index (χ1) is 7.13. The monoisotopic (exact) mass is 205 g/mol. The van der Waals surface area contributed by atoms with Crippen molar-refractivity contribution < 1.29 is 13.9 Å². The minimum Gasteiger partial charge on any atom is -0.465 e. The van der Waals surface area contributed by atoms with Gasteiger partial charge < -0.3 is 9.15 Å². The summed E-state index contributed by atoms with van der Waals surface area (Å²) in [5.41, 5.74) is -0.0707. The van der Waals surface area contributed by atoms with E-state index in [1.54, 1.807) is 32.0 Å². The lowest BCUT2D eigenvalue weighted by molar-refractivity contribution is -0.142. The van der Waals surface area contributed by atoms with Crippen molar-refractivity contribution in [1.29, 1.82) is 5.26 Å². The largest absolute Gasteiger partial charge is 0.465 e. The second kappa shape index (κ2) is 5.01. The van der Waals surface area contributed by atoms with Gasteiger partial charge in [-0.05, 0) is 26.0 Å². The summed E-state index contributed by atoms with van der Waals surface area (Å²) in [6.07, 6.45) is 2.57. The SMILES string of the molecule is CC(C)OC(=O)/C(C#N)=C/c1ccco1. The van der Waals surface area contributed by atoms with Gasteiger partial charge in [-0.2, -0.15) is 5.26 Å². The van der Waals surface area contributed by atoms with Crippen LogP contribution in [0.5, 0.6) is 0 Å². The number of carbonyl (C=O) groups is 1. The van der Waals surface area contributed by atoms with Crippen LogP contribution in [0.1, 0.15) is 19.6 Å². The fraction of sp³-hybridized carbons (Fsp3) is 0.273. The molecule has 78 valence electrons. The molecule has 0 aliphatic heterocycles. The Balaban J connectivity index is 2.81. The van der Waals surface area contributed by atoms with Gasteiger partial charge in [0.2, 0.25) is 0 Å². The van der Waals surface area contributed by atoms with Crippen LogP contribution in [0.3, 0.4) is 0 Å². The van der Waals surface area contributed by atoms with Crippen molar-refractivity contribution in [2.45, 2.75) is 20.0 Å². The highest BCUT2D eigenvalue weighted by Crippen LogP contribution is 2.09. The Morgan fingerprint density at radius 2 is 2.40 bits per heavy atom. The highest BCUT2D eigenvalue weighted by Gasteiger charge is 2.12. The lowest BCUT2D eigenvalue weighted by Crippen LogP contribution is -2.12. The molecule has 4 nitrogen and oxygen atoms in total. The van der Waals surface area contributed by atoms with Crippen LogP contribution >= 0.6 is 0 Å². The molecule has 0 spiro atoms. The van der Waals surface area contributed by atoms with Crippen LogP contribution < -0.4 is 0 Å². The molecule has 0 aliphatic rings. The summed E-state index contributed by atoms with van der Waals surface area (Å²) >= 11 is 0. The minimum absolute atomic E-state index is 0.0707. The molecule has 0 aromatic carbocycles. The first-order valence-corrected chi connectivity index (χ1v) is 4.49. The number of hydrogen-bond acceptors (Lipinski definition) is 4. The third-order valence-electron chi connectivity index (χ3n) is 1.51. The normalized spacial score (nSPS) is 11.2. The molecular formula is C11H11NO3. The van der Waals surface area contributed by atoms with E-state index >= 15 is 0 Å². The Hall–Kier alpha value is -2.02. The van der Waals surface area contributed by atoms with E-state index < -0.39 is 5.97 Å². The Morgan fingerprint density at radius 3 is 2.87 bits per heavy atom. The van der Waals surface area contributed by atoms with Crippen LogP contribution in [0.4, 0.5) is 0 Å². The third kappa shape index (κ3) is 3.31. The average Bonchev–Trinajstić information content (AvgIpc) is 2.65. The lowest BCUT2D eigenvalue weighted by atomic mass is 10.2. The van der Waals surface area contributed by atoms with Gasteiger partial charge in [-0.1, -0.05) is 0 Å². The van der Waals surface area contributed by atoms with Crippen molar-refractivity contribution in [1.82, 2.24) is 0 Å². The van der Waals surface area contributed by atoms with Crippen molar-refractivity contribution in [3.63, 3.8) is 0 Å². The molecule has 0 saturated carbocycles. The van der Waals surface area contributed by atoms with E-state index in [0.29, 0.717) is 5.76 Å². The fourth-order valence-corrected chi connectivity index (χ4v) is 0.930. The molecule has 15 heavy (non-hydrogen) atoms. The molecule has 0 radical (unpaired) electrons. The summed E-state index contributed by atoms with van der Waals surface area (Å²) in [6.45, 7) is 3.44. The van der Waals surface area contributed by atoms with Gasteiger partial charge >= 0.3 is 5.97 Å². The van der Waals surface area contributed by atoms with Gasteiger partial charge in [-0.15, -0.1) is 0 Å². The fourth-order valence-electron chi connectivity index (χ4n) is 0.930. The summed E-state index contributed by atoms with van der Waals surface area (Å²) in [7, 11) is 0. The molecule has 4 heteroatoms. The first-order valence-electron chi connectivity index (χ1n) is 4.49. The number of furan rings is 1. The number of hydrogen-bond donors (Lipinski definition) is 0. The summed E-state index contributed by atoms with van der Waals surface area (Å²) in [5, 5.41) is 8.75. The van der Waals surface area contributed by atoms with Crippen LogP contribution in [0.2, 0.25) is 0 Å². The van der Waals surface area contributed by atoms with Crippen LogP contribution in [0.25, 0.3) is 6.08 Å². The maximum absolute atomic E-state index is 11.4. The highest BCUT2D eigenvalue weighted by atomic mass is 16.5. The van der Waals surface area contributed by atoms with E-state index in [2.05, 4.69) is 0 Å². The first kappa shape index (κ1) is 11.1. The third-order valence-corrected chi connectivity index (χ3v) is 1.51. The molecule has 0 aliphatic carbocycles. The number of rotatable bonds is 3. The van der Waals surface area contributed by atoms with Gasteiger partial charge in [0.15, 0.2) is 0 Å². The predicted octanol–water partition coefficient (Wildman–Crippen LogP) is 2.14. The van der Waals surface area contributed by atoms with Crippen molar-refractivity contribution in [3.8, 4) is 6.07 Å². The van der Waals surface area contributed by atoms with Gasteiger partial charge in [0, 0.05) is 6.08 Å². The quantitative estimate of drug-likeness (QED) is 0.431. The zero-order valence-corrected chi connectivity index (χ0v) is 8.56. The van der Waals surface area contributed by atoms with Gasteiger partial charge in [0.05, 0.1) is 12.4 Å². The van der Waals surface area contributed by atoms with Crippen molar-refractivity contribution >= 4 is 12.0 Å². The molecule has 1 heterocycles. The maximum atomic E-state index is 11.4. The molecule has 1 rings (SSSR count). The predicted molar refractivity (Wildman–Crippen MR) is 53.5 cm³/mol. The van der Waals surface area contributed by atoms with E-state index in [-0.39, 0.29) is 11.7 Å². The van der Waals surface area contributed by atoms with Crippen molar-refractivity contribution in [3.05, 3.63) is 29.7 Å². The summed E-state index contributed by atoms with van der Waals surface area (Å²) in [5.74, 6) is -0.184.